The lowest BCUT2D eigenvalue weighted by Gasteiger charge is -2.16. The van der Waals surface area contributed by atoms with Crippen LogP contribution >= 0.6 is 0 Å². The zero-order valence-corrected chi connectivity index (χ0v) is 9.00. The number of hydrogen-bond acceptors (Lipinski definition) is 4. The van der Waals surface area contributed by atoms with Crippen LogP contribution in [0.1, 0.15) is 20.8 Å². The smallest absolute Gasteiger partial charge is 0.213 e. The van der Waals surface area contributed by atoms with Gasteiger partial charge in [0.15, 0.2) is 0 Å². The van der Waals surface area contributed by atoms with Crippen LogP contribution in [0.15, 0.2) is 0 Å². The summed E-state index contributed by atoms with van der Waals surface area (Å²) in [4.78, 5) is 0. The lowest BCUT2D eigenvalue weighted by Crippen LogP contribution is -2.45. The van der Waals surface area contributed by atoms with Crippen molar-refractivity contribution in [1.29, 1.82) is 0 Å². The van der Waals surface area contributed by atoms with Gasteiger partial charge in [0.25, 0.3) is 0 Å². The van der Waals surface area contributed by atoms with Crippen molar-refractivity contribution in [1.82, 2.24) is 4.72 Å². The van der Waals surface area contributed by atoms with Crippen LogP contribution < -0.4 is 10.5 Å². The molecule has 4 N–H and O–H groups in total. The normalized spacial score (nSPS) is 17.4. The Bertz CT molecular complexity index is 236. The number of nitrogens with two attached hydrogens (primary N) is 1. The second-order valence-corrected chi connectivity index (χ2v) is 5.67. The third-order valence-corrected chi connectivity index (χ3v) is 3.57. The monoisotopic (exact) mass is 210 g/mol. The van der Waals surface area contributed by atoms with Crippen LogP contribution in [0, 0.1) is 0 Å². The minimum atomic E-state index is -3.27. The highest BCUT2D eigenvalue weighted by Crippen LogP contribution is 1.96. The second-order valence-electron chi connectivity index (χ2n) is 3.35. The van der Waals surface area contributed by atoms with Gasteiger partial charge in [0.05, 0.1) is 11.4 Å². The third kappa shape index (κ3) is 4.56. The van der Waals surface area contributed by atoms with E-state index >= 15 is 0 Å². The van der Waals surface area contributed by atoms with Crippen molar-refractivity contribution >= 4 is 10.0 Å². The Balaban J connectivity index is 4.04. The molecule has 2 atom stereocenters. The summed E-state index contributed by atoms with van der Waals surface area (Å²) in [6, 6.07) is -0.562. The molecular formula is C7H18N2O3S. The van der Waals surface area contributed by atoms with Crippen LogP contribution in [0.4, 0.5) is 0 Å². The van der Waals surface area contributed by atoms with Crippen molar-refractivity contribution in [2.45, 2.75) is 38.2 Å². The van der Waals surface area contributed by atoms with E-state index in [1.807, 2.05) is 0 Å². The summed E-state index contributed by atoms with van der Waals surface area (Å²) in [7, 11) is -3.27. The molecular weight excluding hydrogens is 192 g/mol. The lowest BCUT2D eigenvalue weighted by atomic mass is 10.2. The van der Waals surface area contributed by atoms with Crippen LogP contribution in [0.3, 0.4) is 0 Å². The molecule has 0 heterocycles. The zero-order valence-electron chi connectivity index (χ0n) is 8.19. The van der Waals surface area contributed by atoms with Gasteiger partial charge in [-0.15, -0.1) is 0 Å². The molecule has 5 nitrogen and oxygen atoms in total. The van der Waals surface area contributed by atoms with Gasteiger partial charge in [-0.3, -0.25) is 0 Å². The molecule has 6 heteroatoms. The van der Waals surface area contributed by atoms with E-state index in [-0.39, 0.29) is 6.54 Å². The Morgan fingerprint density at radius 3 is 2.15 bits per heavy atom. The van der Waals surface area contributed by atoms with E-state index < -0.39 is 27.4 Å². The fourth-order valence-electron chi connectivity index (χ4n) is 0.550. The summed E-state index contributed by atoms with van der Waals surface area (Å²) in [6.45, 7) is 4.75. The number of aliphatic hydroxyl groups is 1. The average molecular weight is 210 g/mol. The summed E-state index contributed by atoms with van der Waals surface area (Å²) in [6.07, 6.45) is -0.713. The van der Waals surface area contributed by atoms with Gasteiger partial charge in [-0.05, 0) is 20.8 Å². The topological polar surface area (TPSA) is 92.4 Å². The van der Waals surface area contributed by atoms with Gasteiger partial charge < -0.3 is 10.8 Å². The highest BCUT2D eigenvalue weighted by atomic mass is 32.2. The molecule has 0 aromatic rings. The third-order valence-electron chi connectivity index (χ3n) is 1.76. The quantitative estimate of drug-likeness (QED) is 0.544. The van der Waals surface area contributed by atoms with Crippen LogP contribution in [0.2, 0.25) is 0 Å². The summed E-state index contributed by atoms with van der Waals surface area (Å²) in [5.41, 5.74) is 5.45. The van der Waals surface area contributed by atoms with Crippen LogP contribution in [0.5, 0.6) is 0 Å². The number of sulfonamides is 1. The van der Waals surface area contributed by atoms with Gasteiger partial charge in [-0.1, -0.05) is 0 Å². The van der Waals surface area contributed by atoms with Crippen LogP contribution in [0.25, 0.3) is 0 Å². The Kier molecular flexibility index (Phi) is 4.83. The first-order chi connectivity index (χ1) is 5.77. The van der Waals surface area contributed by atoms with Gasteiger partial charge >= 0.3 is 0 Å². The Morgan fingerprint density at radius 2 is 1.85 bits per heavy atom. The average Bonchev–Trinajstić information content (AvgIpc) is 1.99. The Morgan fingerprint density at radius 1 is 1.38 bits per heavy atom. The fraction of sp³-hybridized carbons (Fsp3) is 1.00. The van der Waals surface area contributed by atoms with E-state index in [1.165, 1.54) is 6.92 Å². The van der Waals surface area contributed by atoms with Gasteiger partial charge in [-0.25, -0.2) is 13.1 Å². The van der Waals surface area contributed by atoms with Crippen molar-refractivity contribution in [3.05, 3.63) is 0 Å². The minimum absolute atomic E-state index is 0.0676. The molecule has 0 aliphatic heterocycles. The van der Waals surface area contributed by atoms with Crippen molar-refractivity contribution < 1.29 is 13.5 Å². The zero-order chi connectivity index (χ0) is 10.6. The summed E-state index contributed by atoms with van der Waals surface area (Å²) >= 11 is 0. The van der Waals surface area contributed by atoms with E-state index in [1.54, 1.807) is 13.8 Å². The SMILES string of the molecule is CC(O)C(N)CNS(=O)(=O)C(C)C. The summed E-state index contributed by atoms with van der Waals surface area (Å²) in [5.74, 6) is 0. The van der Waals surface area contributed by atoms with Gasteiger partial charge in [0.1, 0.15) is 0 Å². The molecule has 0 fully saturated rings. The van der Waals surface area contributed by atoms with Crippen molar-refractivity contribution in [3.63, 3.8) is 0 Å². The van der Waals surface area contributed by atoms with E-state index in [0.717, 1.165) is 0 Å². The van der Waals surface area contributed by atoms with Gasteiger partial charge in [0.2, 0.25) is 10.0 Å². The van der Waals surface area contributed by atoms with Crippen LogP contribution in [-0.2, 0) is 10.0 Å². The predicted octanol–water partition coefficient (Wildman–Crippen LogP) is -0.978. The highest BCUT2D eigenvalue weighted by Gasteiger charge is 2.17. The molecule has 0 aromatic heterocycles. The maximum absolute atomic E-state index is 11.2. The summed E-state index contributed by atoms with van der Waals surface area (Å²) in [5, 5.41) is 8.52. The summed E-state index contributed by atoms with van der Waals surface area (Å²) < 4.78 is 24.7. The Labute approximate surface area is 79.4 Å². The molecule has 0 saturated heterocycles. The first kappa shape index (κ1) is 12.8. The van der Waals surface area contributed by atoms with Gasteiger partial charge in [-0.2, -0.15) is 0 Å². The van der Waals surface area contributed by atoms with E-state index in [9.17, 15) is 8.42 Å². The molecule has 2 unspecified atom stereocenters. The van der Waals surface area contributed by atoms with Gasteiger partial charge in [0, 0.05) is 12.6 Å². The molecule has 0 saturated carbocycles. The van der Waals surface area contributed by atoms with E-state index in [0.29, 0.717) is 0 Å². The molecule has 0 bridgehead atoms. The van der Waals surface area contributed by atoms with E-state index in [4.69, 9.17) is 10.8 Å². The predicted molar refractivity (Wildman–Crippen MR) is 51.7 cm³/mol. The Hall–Kier alpha value is -0.170. The van der Waals surface area contributed by atoms with Crippen molar-refractivity contribution in [3.8, 4) is 0 Å². The molecule has 0 radical (unpaired) electrons. The largest absolute Gasteiger partial charge is 0.392 e. The number of aliphatic hydroxyl groups excluding tert-OH is 1. The molecule has 0 aliphatic rings. The maximum atomic E-state index is 11.2. The highest BCUT2D eigenvalue weighted by molar-refractivity contribution is 7.90. The molecule has 0 spiro atoms. The van der Waals surface area contributed by atoms with Crippen molar-refractivity contribution in [2.75, 3.05) is 6.54 Å². The van der Waals surface area contributed by atoms with E-state index in [2.05, 4.69) is 4.72 Å². The first-order valence-corrected chi connectivity index (χ1v) is 5.74. The number of rotatable bonds is 5. The molecule has 13 heavy (non-hydrogen) atoms. The number of hydrogen-bond donors (Lipinski definition) is 3. The molecule has 80 valence electrons. The molecule has 0 aliphatic carbocycles. The standard InChI is InChI=1S/C7H18N2O3S/c1-5(2)13(11,12)9-4-7(8)6(3)10/h5-7,9-10H,4,8H2,1-3H3. The van der Waals surface area contributed by atoms with Crippen molar-refractivity contribution in [2.24, 2.45) is 5.73 Å². The first-order valence-electron chi connectivity index (χ1n) is 4.19. The molecule has 0 amide bonds. The van der Waals surface area contributed by atoms with Crippen LogP contribution in [-0.4, -0.2) is 37.5 Å². The fourth-order valence-corrected chi connectivity index (χ4v) is 1.31. The minimum Gasteiger partial charge on any atom is -0.392 e. The maximum Gasteiger partial charge on any atom is 0.213 e. The molecule has 0 aromatic carbocycles. The second kappa shape index (κ2) is 4.90. The lowest BCUT2D eigenvalue weighted by molar-refractivity contribution is 0.164. The number of nitrogens with one attached hydrogen (secondary N) is 1. The molecule has 0 rings (SSSR count).